The van der Waals surface area contributed by atoms with Gasteiger partial charge in [-0.25, -0.2) is 8.78 Å². The fourth-order valence-electron chi connectivity index (χ4n) is 2.00. The molecule has 0 saturated carbocycles. The lowest BCUT2D eigenvalue weighted by Gasteiger charge is -2.14. The van der Waals surface area contributed by atoms with Crippen LogP contribution in [0.3, 0.4) is 0 Å². The highest BCUT2D eigenvalue weighted by molar-refractivity contribution is 5.76. The molecule has 0 radical (unpaired) electrons. The molecule has 1 heterocycles. The van der Waals surface area contributed by atoms with Gasteiger partial charge in [-0.05, 0) is 30.5 Å². The fourth-order valence-corrected chi connectivity index (χ4v) is 2.00. The summed E-state index contributed by atoms with van der Waals surface area (Å²) in [5, 5.41) is 0. The Balaban J connectivity index is 1.82. The number of amides is 1. The van der Waals surface area contributed by atoms with Gasteiger partial charge >= 0.3 is 0 Å². The first-order valence-electron chi connectivity index (χ1n) is 5.81. The van der Waals surface area contributed by atoms with Crippen molar-refractivity contribution < 1.29 is 13.6 Å². The standard InChI is InChI=1S/C13H15F2NO/c14-11-4-1-10(2-5-11)3-6-13(17)16-8-7-12(15)9-16/h1-2,4-5,12H,3,6-9H2. The number of carbonyl (C=O) groups excluding carboxylic acids is 1. The number of hydrogen-bond donors (Lipinski definition) is 0. The van der Waals surface area contributed by atoms with Gasteiger partial charge in [-0.2, -0.15) is 0 Å². The molecule has 0 N–H and O–H groups in total. The minimum absolute atomic E-state index is 0.0190. The summed E-state index contributed by atoms with van der Waals surface area (Å²) in [6, 6.07) is 6.11. The van der Waals surface area contributed by atoms with Crippen LogP contribution in [0.4, 0.5) is 8.78 Å². The summed E-state index contributed by atoms with van der Waals surface area (Å²) in [6.45, 7) is 0.742. The molecule has 0 aliphatic carbocycles. The van der Waals surface area contributed by atoms with Gasteiger partial charge in [0.1, 0.15) is 12.0 Å². The van der Waals surface area contributed by atoms with E-state index in [1.54, 1.807) is 17.0 Å². The van der Waals surface area contributed by atoms with E-state index in [2.05, 4.69) is 0 Å². The minimum Gasteiger partial charge on any atom is -0.340 e. The van der Waals surface area contributed by atoms with Crippen LogP contribution >= 0.6 is 0 Å². The summed E-state index contributed by atoms with van der Waals surface area (Å²) in [5.41, 5.74) is 0.927. The number of halogens is 2. The summed E-state index contributed by atoms with van der Waals surface area (Å²) in [4.78, 5) is 13.3. The molecule has 1 aliphatic heterocycles. The third kappa shape index (κ3) is 3.25. The van der Waals surface area contributed by atoms with Gasteiger partial charge in [0.2, 0.25) is 5.91 Å². The van der Waals surface area contributed by atoms with Gasteiger partial charge in [-0.3, -0.25) is 4.79 Å². The monoisotopic (exact) mass is 239 g/mol. The summed E-state index contributed by atoms with van der Waals surface area (Å²) in [5.74, 6) is -0.297. The van der Waals surface area contributed by atoms with Gasteiger partial charge < -0.3 is 4.90 Å². The predicted octanol–water partition coefficient (Wildman–Crippen LogP) is 2.33. The van der Waals surface area contributed by atoms with Crippen LogP contribution in [-0.2, 0) is 11.2 Å². The van der Waals surface area contributed by atoms with Crippen molar-refractivity contribution in [3.8, 4) is 0 Å². The Bertz CT molecular complexity index is 391. The van der Waals surface area contributed by atoms with Crippen molar-refractivity contribution in [2.75, 3.05) is 13.1 Å². The molecule has 17 heavy (non-hydrogen) atoms. The molecule has 1 aliphatic rings. The molecule has 1 unspecified atom stereocenters. The molecule has 0 bridgehead atoms. The Morgan fingerprint density at radius 1 is 1.35 bits per heavy atom. The summed E-state index contributed by atoms with van der Waals surface area (Å²) >= 11 is 0. The molecule has 4 heteroatoms. The van der Waals surface area contributed by atoms with Crippen LogP contribution < -0.4 is 0 Å². The normalized spacial score (nSPS) is 19.6. The average molecular weight is 239 g/mol. The zero-order valence-electron chi connectivity index (χ0n) is 9.53. The van der Waals surface area contributed by atoms with Crippen molar-refractivity contribution in [3.63, 3.8) is 0 Å². The smallest absolute Gasteiger partial charge is 0.222 e. The molecule has 1 aromatic rings. The van der Waals surface area contributed by atoms with Crippen LogP contribution in [0.15, 0.2) is 24.3 Å². The maximum absolute atomic E-state index is 12.9. The van der Waals surface area contributed by atoms with Gasteiger partial charge in [0.25, 0.3) is 0 Å². The Morgan fingerprint density at radius 3 is 2.65 bits per heavy atom. The molecule has 92 valence electrons. The van der Waals surface area contributed by atoms with E-state index < -0.39 is 6.17 Å². The van der Waals surface area contributed by atoms with Crippen LogP contribution in [0, 0.1) is 5.82 Å². The Kier molecular flexibility index (Phi) is 3.71. The second kappa shape index (κ2) is 5.25. The van der Waals surface area contributed by atoms with Crippen molar-refractivity contribution in [2.45, 2.75) is 25.4 Å². The quantitative estimate of drug-likeness (QED) is 0.792. The number of likely N-dealkylation sites (tertiary alicyclic amines) is 1. The molecular weight excluding hydrogens is 224 g/mol. The lowest BCUT2D eigenvalue weighted by molar-refractivity contribution is -0.130. The van der Waals surface area contributed by atoms with Gasteiger partial charge in [-0.1, -0.05) is 12.1 Å². The number of aryl methyl sites for hydroxylation is 1. The highest BCUT2D eigenvalue weighted by Crippen LogP contribution is 2.14. The summed E-state index contributed by atoms with van der Waals surface area (Å²) in [7, 11) is 0. The molecule has 1 aromatic carbocycles. The largest absolute Gasteiger partial charge is 0.340 e. The van der Waals surface area contributed by atoms with E-state index in [4.69, 9.17) is 0 Å². The van der Waals surface area contributed by atoms with Crippen molar-refractivity contribution in [1.82, 2.24) is 4.90 Å². The average Bonchev–Trinajstić information content (AvgIpc) is 2.75. The van der Waals surface area contributed by atoms with Crippen molar-refractivity contribution in [2.24, 2.45) is 0 Å². The van der Waals surface area contributed by atoms with Gasteiger partial charge in [0.05, 0.1) is 6.54 Å². The summed E-state index contributed by atoms with van der Waals surface area (Å²) < 4.78 is 25.6. The van der Waals surface area contributed by atoms with E-state index >= 15 is 0 Å². The first-order chi connectivity index (χ1) is 8.15. The van der Waals surface area contributed by atoms with E-state index in [-0.39, 0.29) is 18.3 Å². The second-order valence-electron chi connectivity index (χ2n) is 4.35. The highest BCUT2D eigenvalue weighted by Gasteiger charge is 2.25. The third-order valence-electron chi connectivity index (χ3n) is 3.02. The lowest BCUT2D eigenvalue weighted by Crippen LogP contribution is -2.29. The molecule has 1 amide bonds. The van der Waals surface area contributed by atoms with Crippen molar-refractivity contribution in [3.05, 3.63) is 35.6 Å². The number of hydrogen-bond acceptors (Lipinski definition) is 1. The number of rotatable bonds is 3. The van der Waals surface area contributed by atoms with Gasteiger partial charge in [0.15, 0.2) is 0 Å². The molecule has 0 spiro atoms. The van der Waals surface area contributed by atoms with Crippen LogP contribution in [0.5, 0.6) is 0 Å². The van der Waals surface area contributed by atoms with Crippen LogP contribution in [0.2, 0.25) is 0 Å². The molecule has 1 saturated heterocycles. The molecular formula is C13H15F2NO. The highest BCUT2D eigenvalue weighted by atomic mass is 19.1. The van der Waals surface area contributed by atoms with Crippen LogP contribution in [0.1, 0.15) is 18.4 Å². The topological polar surface area (TPSA) is 20.3 Å². The number of nitrogens with zero attached hydrogens (tertiary/aromatic N) is 1. The SMILES string of the molecule is O=C(CCc1ccc(F)cc1)N1CCC(F)C1. The van der Waals surface area contributed by atoms with Gasteiger partial charge in [-0.15, -0.1) is 0 Å². The first-order valence-corrected chi connectivity index (χ1v) is 5.81. The zero-order chi connectivity index (χ0) is 12.3. The number of benzene rings is 1. The zero-order valence-corrected chi connectivity index (χ0v) is 9.53. The van der Waals surface area contributed by atoms with E-state index in [0.29, 0.717) is 25.8 Å². The Hall–Kier alpha value is -1.45. The Morgan fingerprint density at radius 2 is 2.06 bits per heavy atom. The van der Waals surface area contributed by atoms with Crippen molar-refractivity contribution >= 4 is 5.91 Å². The maximum atomic E-state index is 12.9. The first kappa shape index (κ1) is 12.0. The second-order valence-corrected chi connectivity index (χ2v) is 4.35. The van der Waals surface area contributed by atoms with Gasteiger partial charge in [0, 0.05) is 13.0 Å². The van der Waals surface area contributed by atoms with E-state index in [0.717, 1.165) is 5.56 Å². The van der Waals surface area contributed by atoms with E-state index in [1.807, 2.05) is 0 Å². The van der Waals surface area contributed by atoms with Crippen molar-refractivity contribution in [1.29, 1.82) is 0 Å². The third-order valence-corrected chi connectivity index (χ3v) is 3.02. The Labute approximate surface area is 99.2 Å². The predicted molar refractivity (Wildman–Crippen MR) is 60.8 cm³/mol. The maximum Gasteiger partial charge on any atom is 0.222 e. The number of alkyl halides is 1. The summed E-state index contributed by atoms with van der Waals surface area (Å²) in [6.07, 6.45) is 0.512. The number of carbonyl (C=O) groups is 1. The molecule has 2 nitrogen and oxygen atoms in total. The minimum atomic E-state index is -0.871. The molecule has 0 aromatic heterocycles. The fraction of sp³-hybridized carbons (Fsp3) is 0.462. The lowest BCUT2D eigenvalue weighted by atomic mass is 10.1. The van der Waals surface area contributed by atoms with E-state index in [1.165, 1.54) is 12.1 Å². The van der Waals surface area contributed by atoms with Crippen LogP contribution in [-0.4, -0.2) is 30.1 Å². The molecule has 1 atom stereocenters. The van der Waals surface area contributed by atoms with E-state index in [9.17, 15) is 13.6 Å². The molecule has 2 rings (SSSR count). The van der Waals surface area contributed by atoms with Crippen LogP contribution in [0.25, 0.3) is 0 Å². The molecule has 1 fully saturated rings.